The average Bonchev–Trinajstić information content (AvgIpc) is 3.09. The van der Waals surface area contributed by atoms with Crippen molar-refractivity contribution in [2.75, 3.05) is 0 Å². The number of carboxylic acid groups (broad SMARTS) is 1. The molecule has 2 saturated carbocycles. The second-order valence-electron chi connectivity index (χ2n) is 7.71. The molecule has 0 atom stereocenters. The molecule has 7 heteroatoms. The molecule has 23 heavy (non-hydrogen) atoms. The van der Waals surface area contributed by atoms with Crippen LogP contribution in [0.25, 0.3) is 0 Å². The maximum atomic E-state index is 12.1. The Balaban J connectivity index is 1.73. The van der Waals surface area contributed by atoms with Gasteiger partial charge in [-0.05, 0) is 52.9 Å². The molecule has 2 fully saturated rings. The third-order valence-corrected chi connectivity index (χ3v) is 5.87. The minimum absolute atomic E-state index is 0.0899. The number of hydrogen-bond donors (Lipinski definition) is 2. The van der Waals surface area contributed by atoms with Gasteiger partial charge in [0, 0.05) is 16.3 Å². The van der Waals surface area contributed by atoms with Crippen molar-refractivity contribution in [1.29, 1.82) is 0 Å². The van der Waals surface area contributed by atoms with E-state index in [0.29, 0.717) is 0 Å². The van der Waals surface area contributed by atoms with E-state index in [1.54, 1.807) is 5.38 Å². The lowest BCUT2D eigenvalue weighted by molar-refractivity contribution is 0.0457. The Labute approximate surface area is 139 Å². The third-order valence-electron chi connectivity index (χ3n) is 4.78. The number of fused-ring (bicyclic) bond motifs is 2. The minimum atomic E-state index is -0.988. The van der Waals surface area contributed by atoms with Crippen molar-refractivity contribution in [3.05, 3.63) is 16.1 Å². The number of rotatable bonds is 3. The van der Waals surface area contributed by atoms with Crippen LogP contribution >= 0.6 is 11.3 Å². The predicted molar refractivity (Wildman–Crippen MR) is 85.9 cm³/mol. The molecule has 1 aromatic heterocycles. The fraction of sp³-hybridized carbons (Fsp3) is 0.688. The van der Waals surface area contributed by atoms with Crippen molar-refractivity contribution >= 4 is 23.4 Å². The van der Waals surface area contributed by atoms with Crippen LogP contribution in [0.4, 0.5) is 4.79 Å². The Hall–Kier alpha value is -1.63. The van der Waals surface area contributed by atoms with Gasteiger partial charge < -0.3 is 15.2 Å². The van der Waals surface area contributed by atoms with E-state index in [9.17, 15) is 9.59 Å². The second kappa shape index (κ2) is 5.19. The van der Waals surface area contributed by atoms with Crippen LogP contribution in [0, 0.1) is 0 Å². The Morgan fingerprint density at radius 2 is 1.96 bits per heavy atom. The summed E-state index contributed by atoms with van der Waals surface area (Å²) in [6, 6.07) is 0. The lowest BCUT2D eigenvalue weighted by Crippen LogP contribution is -2.47. The summed E-state index contributed by atoms with van der Waals surface area (Å²) < 4.78 is 5.38. The number of carbonyl (C=O) groups is 2. The Bertz CT molecular complexity index is 639. The smallest absolute Gasteiger partial charge is 0.408 e. The molecule has 126 valence electrons. The van der Waals surface area contributed by atoms with Gasteiger partial charge in [-0.25, -0.2) is 14.6 Å². The molecule has 1 aromatic rings. The van der Waals surface area contributed by atoms with Crippen molar-refractivity contribution in [3.63, 3.8) is 0 Å². The molecule has 6 nitrogen and oxygen atoms in total. The summed E-state index contributed by atoms with van der Waals surface area (Å²) >= 11 is 1.42. The maximum Gasteiger partial charge on any atom is 0.408 e. The first-order valence-corrected chi connectivity index (χ1v) is 8.72. The fourth-order valence-corrected chi connectivity index (χ4v) is 4.86. The van der Waals surface area contributed by atoms with E-state index < -0.39 is 11.6 Å². The number of amides is 1. The Morgan fingerprint density at radius 1 is 1.30 bits per heavy atom. The second-order valence-corrected chi connectivity index (χ2v) is 8.57. The van der Waals surface area contributed by atoms with Gasteiger partial charge in [0.1, 0.15) is 5.60 Å². The first kappa shape index (κ1) is 16.2. The number of ether oxygens (including phenoxy) is 1. The van der Waals surface area contributed by atoms with Crippen LogP contribution in [0.2, 0.25) is 0 Å². The molecule has 2 aliphatic rings. The van der Waals surface area contributed by atoms with E-state index in [-0.39, 0.29) is 22.7 Å². The fourth-order valence-electron chi connectivity index (χ4n) is 3.80. The van der Waals surface area contributed by atoms with E-state index in [1.165, 1.54) is 11.3 Å². The first-order valence-electron chi connectivity index (χ1n) is 7.84. The van der Waals surface area contributed by atoms with Gasteiger partial charge in [-0.1, -0.05) is 0 Å². The summed E-state index contributed by atoms with van der Waals surface area (Å²) in [4.78, 5) is 27.5. The number of aromatic carboxylic acids is 1. The molecule has 2 N–H and O–H groups in total. The number of nitrogens with zero attached hydrogens (tertiary/aromatic N) is 1. The molecule has 2 bridgehead atoms. The van der Waals surface area contributed by atoms with Crippen LogP contribution in [0.5, 0.6) is 0 Å². The molecule has 3 rings (SSSR count). The quantitative estimate of drug-likeness (QED) is 0.882. The van der Waals surface area contributed by atoms with Crippen LogP contribution in [0.1, 0.15) is 68.4 Å². The number of aromatic nitrogens is 1. The normalized spacial score (nSPS) is 29.5. The van der Waals surface area contributed by atoms with Crippen molar-refractivity contribution in [1.82, 2.24) is 10.3 Å². The number of nitrogens with one attached hydrogen (secondary N) is 1. The molecule has 0 saturated heterocycles. The van der Waals surface area contributed by atoms with E-state index in [4.69, 9.17) is 9.84 Å². The highest BCUT2D eigenvalue weighted by atomic mass is 32.1. The van der Waals surface area contributed by atoms with Crippen molar-refractivity contribution in [2.24, 2.45) is 0 Å². The maximum absolute atomic E-state index is 12.1. The molecular formula is C16H22N2O4S. The van der Waals surface area contributed by atoms with E-state index in [2.05, 4.69) is 10.3 Å². The molecule has 0 aliphatic heterocycles. The first-order chi connectivity index (χ1) is 10.6. The van der Waals surface area contributed by atoms with Crippen LogP contribution in [-0.4, -0.2) is 33.3 Å². The van der Waals surface area contributed by atoms with Crippen molar-refractivity contribution in [2.45, 2.75) is 69.4 Å². The van der Waals surface area contributed by atoms with Crippen molar-refractivity contribution < 1.29 is 19.4 Å². The molecule has 0 unspecified atom stereocenters. The number of alkyl carbamates (subject to hydrolysis) is 1. The number of carbonyl (C=O) groups excluding carboxylic acids is 1. The molecule has 0 radical (unpaired) electrons. The predicted octanol–water partition coefficient (Wildman–Crippen LogP) is 3.32. The van der Waals surface area contributed by atoms with Gasteiger partial charge in [-0.2, -0.15) is 0 Å². The zero-order valence-corrected chi connectivity index (χ0v) is 14.5. The average molecular weight is 338 g/mol. The third kappa shape index (κ3) is 3.06. The zero-order valence-electron chi connectivity index (χ0n) is 13.6. The summed E-state index contributed by atoms with van der Waals surface area (Å²) in [5.41, 5.74) is -0.727. The van der Waals surface area contributed by atoms with Gasteiger partial charge in [0.05, 0.1) is 5.01 Å². The minimum Gasteiger partial charge on any atom is -0.476 e. The highest BCUT2D eigenvalue weighted by Gasteiger charge is 2.57. The summed E-state index contributed by atoms with van der Waals surface area (Å²) in [6.07, 6.45) is 4.06. The molecule has 2 aliphatic carbocycles. The van der Waals surface area contributed by atoms with Crippen molar-refractivity contribution in [3.8, 4) is 0 Å². The summed E-state index contributed by atoms with van der Waals surface area (Å²) in [6.45, 7) is 5.54. The highest BCUT2D eigenvalue weighted by molar-refractivity contribution is 7.10. The lowest BCUT2D eigenvalue weighted by Gasteiger charge is -2.29. The van der Waals surface area contributed by atoms with E-state index in [1.807, 2.05) is 20.8 Å². The number of thiazole rings is 1. The van der Waals surface area contributed by atoms with Gasteiger partial charge >= 0.3 is 12.1 Å². The van der Waals surface area contributed by atoms with Gasteiger partial charge in [0.2, 0.25) is 0 Å². The van der Waals surface area contributed by atoms with E-state index >= 15 is 0 Å². The zero-order chi connectivity index (χ0) is 16.9. The molecule has 0 spiro atoms. The van der Waals surface area contributed by atoms with Gasteiger partial charge in [0.15, 0.2) is 5.69 Å². The molecule has 1 amide bonds. The van der Waals surface area contributed by atoms with Gasteiger partial charge in [-0.15, -0.1) is 11.3 Å². The topological polar surface area (TPSA) is 88.5 Å². The molecular weight excluding hydrogens is 316 g/mol. The lowest BCUT2D eigenvalue weighted by atomic mass is 9.84. The SMILES string of the molecule is CC(C)(C)OC(=O)NC12CCC(c3nc(C(=O)O)cs3)(CC1)C2. The number of hydrogen-bond acceptors (Lipinski definition) is 5. The van der Waals surface area contributed by atoms with Crippen LogP contribution in [0.3, 0.4) is 0 Å². The largest absolute Gasteiger partial charge is 0.476 e. The standard InChI is InChI=1S/C16H22N2O4S/c1-14(2,3)22-13(21)18-16-6-4-15(9-16,5-7-16)12-17-10(8-23-12)11(19)20/h8H,4-7,9H2,1-3H3,(H,18,21)(H,19,20). The monoisotopic (exact) mass is 338 g/mol. The van der Waals surface area contributed by atoms with E-state index in [0.717, 1.165) is 37.1 Å². The summed E-state index contributed by atoms with van der Waals surface area (Å²) in [7, 11) is 0. The van der Waals surface area contributed by atoms with Crippen LogP contribution < -0.4 is 5.32 Å². The highest BCUT2D eigenvalue weighted by Crippen LogP contribution is 2.58. The van der Waals surface area contributed by atoms with Gasteiger partial charge in [0.25, 0.3) is 0 Å². The Kier molecular flexibility index (Phi) is 3.66. The number of carboxylic acids is 1. The summed E-state index contributed by atoms with van der Waals surface area (Å²) in [5, 5.41) is 14.6. The molecule has 1 heterocycles. The Morgan fingerprint density at radius 3 is 2.48 bits per heavy atom. The van der Waals surface area contributed by atoms with Crippen LogP contribution in [-0.2, 0) is 10.2 Å². The summed E-state index contributed by atoms with van der Waals surface area (Å²) in [5.74, 6) is -0.988. The van der Waals surface area contributed by atoms with Gasteiger partial charge in [-0.3, -0.25) is 0 Å². The molecule has 0 aromatic carbocycles. The van der Waals surface area contributed by atoms with Crippen LogP contribution in [0.15, 0.2) is 5.38 Å².